The number of benzene rings is 2. The standard InChI is InChI=1S/C28H38ClN3O2/c1-20-26(21(2)32(30-20)17-22-9-7-8-10-27(22)29)19-31(6)18-24(33)15-16-34-25-13-11-23(12-14-25)28(3,4)5/h7-14,24,33H,15-19H2,1-6H3. The van der Waals surface area contributed by atoms with Crippen molar-refractivity contribution in [3.63, 3.8) is 0 Å². The first kappa shape index (κ1) is 26.3. The van der Waals surface area contributed by atoms with Crippen molar-refractivity contribution in [2.75, 3.05) is 20.2 Å². The average Bonchev–Trinajstić information content (AvgIpc) is 3.02. The molecule has 184 valence electrons. The number of likely N-dealkylation sites (N-methyl/N-ethyl adjacent to an activating group) is 1. The number of aryl methyl sites for hydroxylation is 1. The van der Waals surface area contributed by atoms with Gasteiger partial charge in [0.1, 0.15) is 5.75 Å². The largest absolute Gasteiger partial charge is 0.493 e. The van der Waals surface area contributed by atoms with Crippen LogP contribution >= 0.6 is 11.6 Å². The highest BCUT2D eigenvalue weighted by Gasteiger charge is 2.17. The number of halogens is 1. The summed E-state index contributed by atoms with van der Waals surface area (Å²) in [6, 6.07) is 16.1. The van der Waals surface area contributed by atoms with Crippen LogP contribution in [0.3, 0.4) is 0 Å². The Morgan fingerprint density at radius 2 is 1.76 bits per heavy atom. The fourth-order valence-electron chi connectivity index (χ4n) is 4.05. The van der Waals surface area contributed by atoms with E-state index < -0.39 is 6.10 Å². The van der Waals surface area contributed by atoms with Crippen LogP contribution in [0.25, 0.3) is 0 Å². The van der Waals surface area contributed by atoms with Gasteiger partial charge in [-0.15, -0.1) is 0 Å². The molecule has 1 unspecified atom stereocenters. The second-order valence-corrected chi connectivity index (χ2v) is 10.6. The monoisotopic (exact) mass is 483 g/mol. The molecule has 0 aliphatic rings. The van der Waals surface area contributed by atoms with Crippen LogP contribution in [0.15, 0.2) is 48.5 Å². The Kier molecular flexibility index (Phi) is 8.80. The molecular weight excluding hydrogens is 446 g/mol. The number of hydrogen-bond acceptors (Lipinski definition) is 4. The third kappa shape index (κ3) is 7.08. The maximum Gasteiger partial charge on any atom is 0.119 e. The van der Waals surface area contributed by atoms with Crippen LogP contribution in [0.5, 0.6) is 5.75 Å². The molecule has 1 N–H and O–H groups in total. The van der Waals surface area contributed by atoms with Crippen LogP contribution in [-0.2, 0) is 18.5 Å². The van der Waals surface area contributed by atoms with Crippen molar-refractivity contribution in [1.29, 1.82) is 0 Å². The van der Waals surface area contributed by atoms with Gasteiger partial charge in [0.05, 0.1) is 24.9 Å². The molecular formula is C28H38ClN3O2. The van der Waals surface area contributed by atoms with E-state index >= 15 is 0 Å². The predicted molar refractivity (Wildman–Crippen MR) is 140 cm³/mol. The van der Waals surface area contributed by atoms with E-state index in [1.165, 1.54) is 11.1 Å². The third-order valence-electron chi connectivity index (χ3n) is 6.20. The van der Waals surface area contributed by atoms with Gasteiger partial charge in [-0.25, -0.2) is 0 Å². The molecule has 3 aromatic rings. The number of aliphatic hydroxyl groups excluding tert-OH is 1. The molecule has 5 nitrogen and oxygen atoms in total. The van der Waals surface area contributed by atoms with Crippen molar-refractivity contribution in [2.45, 2.75) is 65.6 Å². The zero-order valence-electron chi connectivity index (χ0n) is 21.3. The zero-order chi connectivity index (χ0) is 24.9. The van der Waals surface area contributed by atoms with Gasteiger partial charge in [-0.05, 0) is 55.6 Å². The van der Waals surface area contributed by atoms with Crippen LogP contribution in [0, 0.1) is 13.8 Å². The van der Waals surface area contributed by atoms with Crippen molar-refractivity contribution >= 4 is 11.6 Å². The summed E-state index contributed by atoms with van der Waals surface area (Å²) in [5, 5.41) is 16.0. The topological polar surface area (TPSA) is 50.5 Å². The van der Waals surface area contributed by atoms with Gasteiger partial charge >= 0.3 is 0 Å². The first-order valence-corrected chi connectivity index (χ1v) is 12.3. The molecule has 0 bridgehead atoms. The molecule has 34 heavy (non-hydrogen) atoms. The lowest BCUT2D eigenvalue weighted by Gasteiger charge is -2.21. The second-order valence-electron chi connectivity index (χ2n) is 10.2. The lowest BCUT2D eigenvalue weighted by Crippen LogP contribution is -2.30. The van der Waals surface area contributed by atoms with Gasteiger partial charge < -0.3 is 9.84 Å². The fraction of sp³-hybridized carbons (Fsp3) is 0.464. The highest BCUT2D eigenvalue weighted by molar-refractivity contribution is 6.31. The lowest BCUT2D eigenvalue weighted by atomic mass is 9.87. The van der Waals surface area contributed by atoms with E-state index in [2.05, 4.69) is 44.7 Å². The molecule has 6 heteroatoms. The van der Waals surface area contributed by atoms with E-state index in [-0.39, 0.29) is 5.41 Å². The van der Waals surface area contributed by atoms with Crippen molar-refractivity contribution in [2.24, 2.45) is 0 Å². The number of rotatable bonds is 10. The molecule has 1 heterocycles. The van der Waals surface area contributed by atoms with E-state index in [9.17, 15) is 5.11 Å². The van der Waals surface area contributed by atoms with Gasteiger partial charge in [-0.1, -0.05) is 62.7 Å². The van der Waals surface area contributed by atoms with Crippen molar-refractivity contribution in [3.8, 4) is 5.75 Å². The van der Waals surface area contributed by atoms with Crippen LogP contribution in [0.2, 0.25) is 5.02 Å². The Balaban J connectivity index is 1.49. The summed E-state index contributed by atoms with van der Waals surface area (Å²) >= 11 is 6.33. The predicted octanol–water partition coefficient (Wildman–Crippen LogP) is 5.76. The highest BCUT2D eigenvalue weighted by Crippen LogP contribution is 2.24. The number of nitrogens with zero attached hydrogens (tertiary/aromatic N) is 3. The minimum absolute atomic E-state index is 0.126. The van der Waals surface area contributed by atoms with E-state index in [4.69, 9.17) is 21.4 Å². The van der Waals surface area contributed by atoms with Crippen LogP contribution in [0.1, 0.15) is 55.3 Å². The first-order chi connectivity index (χ1) is 16.0. The Morgan fingerprint density at radius 3 is 2.41 bits per heavy atom. The molecule has 2 aromatic carbocycles. The molecule has 0 aliphatic carbocycles. The van der Waals surface area contributed by atoms with Gasteiger partial charge in [0, 0.05) is 35.8 Å². The summed E-state index contributed by atoms with van der Waals surface area (Å²) in [6.07, 6.45) is 0.118. The maximum atomic E-state index is 10.5. The molecule has 0 aliphatic heterocycles. The summed E-state index contributed by atoms with van der Waals surface area (Å²) in [6.45, 7) is 13.1. The van der Waals surface area contributed by atoms with Gasteiger partial charge in [0.25, 0.3) is 0 Å². The number of aromatic nitrogens is 2. The molecule has 0 spiro atoms. The number of aliphatic hydroxyl groups is 1. The molecule has 3 rings (SSSR count). The van der Waals surface area contributed by atoms with Gasteiger partial charge in [-0.3, -0.25) is 9.58 Å². The minimum Gasteiger partial charge on any atom is -0.493 e. The Labute approximate surface area is 209 Å². The summed E-state index contributed by atoms with van der Waals surface area (Å²) in [4.78, 5) is 2.14. The zero-order valence-corrected chi connectivity index (χ0v) is 22.1. The SMILES string of the molecule is Cc1nn(Cc2ccccc2Cl)c(C)c1CN(C)CC(O)CCOc1ccc(C(C)(C)C)cc1. The minimum atomic E-state index is -0.461. The van der Waals surface area contributed by atoms with Crippen LogP contribution in [-0.4, -0.2) is 46.1 Å². The van der Waals surface area contributed by atoms with Crippen molar-refractivity contribution in [3.05, 3.63) is 81.6 Å². The second kappa shape index (κ2) is 11.4. The molecule has 1 atom stereocenters. The van der Waals surface area contributed by atoms with Gasteiger partial charge in [0.2, 0.25) is 0 Å². The van der Waals surface area contributed by atoms with Crippen molar-refractivity contribution < 1.29 is 9.84 Å². The first-order valence-electron chi connectivity index (χ1n) is 11.9. The summed E-state index contributed by atoms with van der Waals surface area (Å²) in [7, 11) is 2.03. The number of ether oxygens (including phenoxy) is 1. The van der Waals surface area contributed by atoms with E-state index in [0.29, 0.717) is 26.1 Å². The maximum absolute atomic E-state index is 10.5. The molecule has 1 aromatic heterocycles. The van der Waals surface area contributed by atoms with E-state index in [1.54, 1.807) is 0 Å². The normalized spacial score (nSPS) is 12.9. The number of hydrogen-bond donors (Lipinski definition) is 1. The Hall–Kier alpha value is -2.34. The summed E-state index contributed by atoms with van der Waals surface area (Å²) in [5.74, 6) is 0.839. The van der Waals surface area contributed by atoms with Crippen LogP contribution in [0.4, 0.5) is 0 Å². The quantitative estimate of drug-likeness (QED) is 0.398. The van der Waals surface area contributed by atoms with E-state index in [0.717, 1.165) is 34.3 Å². The molecule has 0 amide bonds. The van der Waals surface area contributed by atoms with Crippen molar-refractivity contribution in [1.82, 2.24) is 14.7 Å². The molecule has 0 saturated carbocycles. The molecule has 0 fully saturated rings. The smallest absolute Gasteiger partial charge is 0.119 e. The Bertz CT molecular complexity index is 1070. The average molecular weight is 484 g/mol. The molecule has 0 saturated heterocycles. The summed E-state index contributed by atoms with van der Waals surface area (Å²) < 4.78 is 7.86. The molecule has 0 radical (unpaired) electrons. The van der Waals surface area contributed by atoms with Crippen LogP contribution < -0.4 is 4.74 Å². The highest BCUT2D eigenvalue weighted by atomic mass is 35.5. The van der Waals surface area contributed by atoms with Gasteiger partial charge in [0.15, 0.2) is 0 Å². The van der Waals surface area contributed by atoms with E-state index in [1.807, 2.05) is 55.1 Å². The summed E-state index contributed by atoms with van der Waals surface area (Å²) in [5.41, 5.74) is 5.78. The fourth-order valence-corrected chi connectivity index (χ4v) is 4.25. The third-order valence-corrected chi connectivity index (χ3v) is 6.57. The Morgan fingerprint density at radius 1 is 1.09 bits per heavy atom. The lowest BCUT2D eigenvalue weighted by molar-refractivity contribution is 0.0989. The van der Waals surface area contributed by atoms with Gasteiger partial charge in [-0.2, -0.15) is 5.10 Å².